The second-order valence-corrected chi connectivity index (χ2v) is 6.69. The summed E-state index contributed by atoms with van der Waals surface area (Å²) in [6.45, 7) is 1.74. The Morgan fingerprint density at radius 2 is 2.04 bits per heavy atom. The van der Waals surface area contributed by atoms with E-state index in [4.69, 9.17) is 0 Å². The first-order valence-electron chi connectivity index (χ1n) is 7.77. The minimum Gasteiger partial charge on any atom is -0.310 e. The van der Waals surface area contributed by atoms with Gasteiger partial charge in [-0.3, -0.25) is 9.69 Å². The number of hydrogen-bond donors (Lipinski definition) is 1. The molecule has 1 amide bonds. The molecule has 0 aliphatic heterocycles. The molecule has 0 atom stereocenters. The Labute approximate surface area is 145 Å². The van der Waals surface area contributed by atoms with Gasteiger partial charge in [0.1, 0.15) is 5.82 Å². The Morgan fingerprint density at radius 1 is 1.21 bits per heavy atom. The minimum absolute atomic E-state index is 0.0404. The molecule has 6 heteroatoms. The number of likely N-dealkylation sites (N-methyl/N-ethyl adjacent to an activating group) is 1. The van der Waals surface area contributed by atoms with Gasteiger partial charge in [-0.15, -0.1) is 11.3 Å². The van der Waals surface area contributed by atoms with Crippen LogP contribution in [-0.4, -0.2) is 34.2 Å². The van der Waals surface area contributed by atoms with Gasteiger partial charge in [0, 0.05) is 17.5 Å². The number of hydrogen-bond acceptors (Lipinski definition) is 4. The zero-order valence-corrected chi connectivity index (χ0v) is 14.4. The molecule has 1 N–H and O–H groups in total. The average Bonchev–Trinajstić information content (AvgIpc) is 3.21. The summed E-state index contributed by atoms with van der Waals surface area (Å²) in [5, 5.41) is 9.27. The van der Waals surface area contributed by atoms with Crippen LogP contribution in [0.1, 0.15) is 10.4 Å². The number of thiophene rings is 1. The summed E-state index contributed by atoms with van der Waals surface area (Å²) in [6.07, 6.45) is 1.71. The largest absolute Gasteiger partial charge is 0.310 e. The summed E-state index contributed by atoms with van der Waals surface area (Å²) >= 11 is 1.68. The number of carbonyl (C=O) groups is 1. The Balaban J connectivity index is 1.54. The molecule has 124 valence electrons. The topological polar surface area (TPSA) is 50.2 Å². The highest BCUT2D eigenvalue weighted by Gasteiger charge is 2.11. The van der Waals surface area contributed by atoms with Crippen LogP contribution in [0.4, 0.5) is 5.82 Å². The van der Waals surface area contributed by atoms with E-state index in [1.54, 1.807) is 22.2 Å². The maximum absolute atomic E-state index is 12.3. The lowest BCUT2D eigenvalue weighted by molar-refractivity contribution is -0.117. The van der Waals surface area contributed by atoms with Crippen LogP contribution in [-0.2, 0) is 17.9 Å². The number of benzene rings is 1. The predicted molar refractivity (Wildman–Crippen MR) is 97.1 cm³/mol. The molecule has 0 fully saturated rings. The Hall–Kier alpha value is -2.44. The van der Waals surface area contributed by atoms with Gasteiger partial charge >= 0.3 is 0 Å². The van der Waals surface area contributed by atoms with Crippen LogP contribution >= 0.6 is 11.3 Å². The molecule has 0 radical (unpaired) electrons. The summed E-state index contributed by atoms with van der Waals surface area (Å²) in [5.74, 6) is 0.683. The normalized spacial score (nSPS) is 10.9. The van der Waals surface area contributed by atoms with Crippen LogP contribution in [0.15, 0.2) is 60.1 Å². The van der Waals surface area contributed by atoms with Crippen molar-refractivity contribution >= 4 is 23.1 Å². The van der Waals surface area contributed by atoms with Crippen LogP contribution < -0.4 is 5.32 Å². The van der Waals surface area contributed by atoms with Gasteiger partial charge in [0.2, 0.25) is 5.91 Å². The van der Waals surface area contributed by atoms with Crippen molar-refractivity contribution in [1.82, 2.24) is 14.7 Å². The Bertz CT molecular complexity index is 767. The molecule has 3 aromatic rings. The van der Waals surface area contributed by atoms with Gasteiger partial charge in [-0.2, -0.15) is 5.10 Å². The van der Waals surface area contributed by atoms with Crippen LogP contribution in [0.5, 0.6) is 0 Å². The van der Waals surface area contributed by atoms with Crippen molar-refractivity contribution in [3.8, 4) is 0 Å². The van der Waals surface area contributed by atoms with Crippen molar-refractivity contribution in [3.05, 3.63) is 70.5 Å². The molecule has 0 saturated heterocycles. The van der Waals surface area contributed by atoms with E-state index in [1.807, 2.05) is 47.7 Å². The quantitative estimate of drug-likeness (QED) is 0.719. The lowest BCUT2D eigenvalue weighted by atomic mass is 10.2. The number of nitrogens with one attached hydrogen (secondary N) is 1. The molecule has 0 aliphatic carbocycles. The number of carbonyl (C=O) groups excluding carboxylic acids is 1. The van der Waals surface area contributed by atoms with Crippen molar-refractivity contribution in [2.24, 2.45) is 0 Å². The maximum Gasteiger partial charge on any atom is 0.239 e. The van der Waals surface area contributed by atoms with Crippen LogP contribution in [0, 0.1) is 0 Å². The second kappa shape index (κ2) is 7.90. The molecule has 0 bridgehead atoms. The predicted octanol–water partition coefficient (Wildman–Crippen LogP) is 3.06. The van der Waals surface area contributed by atoms with Crippen molar-refractivity contribution in [2.45, 2.75) is 13.1 Å². The number of anilines is 1. The number of aromatic nitrogens is 2. The summed E-state index contributed by atoms with van der Waals surface area (Å²) < 4.78 is 1.81. The minimum atomic E-state index is -0.0404. The molecule has 5 nitrogen and oxygen atoms in total. The van der Waals surface area contributed by atoms with E-state index in [-0.39, 0.29) is 5.91 Å². The first-order chi connectivity index (χ1) is 11.7. The molecule has 2 heterocycles. The zero-order valence-electron chi connectivity index (χ0n) is 13.6. The molecule has 24 heavy (non-hydrogen) atoms. The smallest absolute Gasteiger partial charge is 0.239 e. The molecule has 1 aromatic carbocycles. The molecule has 0 unspecified atom stereocenters. The lowest BCUT2D eigenvalue weighted by Gasteiger charge is -2.16. The molecule has 3 rings (SSSR count). The van der Waals surface area contributed by atoms with Crippen LogP contribution in [0.3, 0.4) is 0 Å². The summed E-state index contributed by atoms with van der Waals surface area (Å²) in [4.78, 5) is 15.5. The summed E-state index contributed by atoms with van der Waals surface area (Å²) in [6, 6.07) is 16.0. The van der Waals surface area contributed by atoms with Crippen molar-refractivity contribution in [3.63, 3.8) is 0 Å². The average molecular weight is 340 g/mol. The molecular formula is C18H20N4OS. The molecule has 0 spiro atoms. The van der Waals surface area contributed by atoms with Gasteiger partial charge in [0.15, 0.2) is 0 Å². The van der Waals surface area contributed by atoms with Crippen LogP contribution in [0.25, 0.3) is 0 Å². The SMILES string of the molecule is CN(CC(=O)Nc1ccnn1Cc1cccs1)Cc1ccccc1. The van der Waals surface area contributed by atoms with Gasteiger partial charge in [-0.25, -0.2) is 4.68 Å². The van der Waals surface area contributed by atoms with Crippen molar-refractivity contribution in [1.29, 1.82) is 0 Å². The van der Waals surface area contributed by atoms with Crippen molar-refractivity contribution < 1.29 is 4.79 Å². The summed E-state index contributed by atoms with van der Waals surface area (Å²) in [5.41, 5.74) is 1.19. The molecule has 0 aliphatic rings. The fourth-order valence-corrected chi connectivity index (χ4v) is 3.18. The fourth-order valence-electron chi connectivity index (χ4n) is 2.49. The third-order valence-electron chi connectivity index (χ3n) is 3.58. The monoisotopic (exact) mass is 340 g/mol. The highest BCUT2D eigenvalue weighted by Crippen LogP contribution is 2.14. The van der Waals surface area contributed by atoms with Gasteiger partial charge in [0.25, 0.3) is 0 Å². The van der Waals surface area contributed by atoms with E-state index in [0.717, 1.165) is 12.4 Å². The third kappa shape index (κ3) is 4.53. The highest BCUT2D eigenvalue weighted by molar-refractivity contribution is 7.09. The van der Waals surface area contributed by atoms with Gasteiger partial charge < -0.3 is 5.32 Å². The third-order valence-corrected chi connectivity index (χ3v) is 4.44. The van der Waals surface area contributed by atoms with Gasteiger partial charge in [-0.05, 0) is 24.1 Å². The molecule has 2 aromatic heterocycles. The first kappa shape index (κ1) is 16.4. The van der Waals surface area contributed by atoms with Gasteiger partial charge in [0.05, 0.1) is 19.3 Å². The Morgan fingerprint density at radius 3 is 2.79 bits per heavy atom. The first-order valence-corrected chi connectivity index (χ1v) is 8.65. The van der Waals surface area contributed by atoms with E-state index in [1.165, 1.54) is 10.4 Å². The molecule has 0 saturated carbocycles. The van der Waals surface area contributed by atoms with E-state index >= 15 is 0 Å². The fraction of sp³-hybridized carbons (Fsp3) is 0.222. The number of nitrogens with zero attached hydrogens (tertiary/aromatic N) is 3. The van der Waals surface area contributed by atoms with E-state index in [2.05, 4.69) is 28.6 Å². The lowest BCUT2D eigenvalue weighted by Crippen LogP contribution is -2.30. The van der Waals surface area contributed by atoms with Gasteiger partial charge in [-0.1, -0.05) is 36.4 Å². The van der Waals surface area contributed by atoms with E-state index in [0.29, 0.717) is 13.1 Å². The van der Waals surface area contributed by atoms with E-state index in [9.17, 15) is 4.79 Å². The second-order valence-electron chi connectivity index (χ2n) is 5.66. The maximum atomic E-state index is 12.3. The standard InChI is InChI=1S/C18H20N4OS/c1-21(12-15-6-3-2-4-7-15)14-18(23)20-17-9-10-19-22(17)13-16-8-5-11-24-16/h2-11H,12-14H2,1H3,(H,20,23). The van der Waals surface area contributed by atoms with Crippen LogP contribution in [0.2, 0.25) is 0 Å². The number of rotatable bonds is 7. The zero-order chi connectivity index (χ0) is 16.8. The highest BCUT2D eigenvalue weighted by atomic mass is 32.1. The molecular weight excluding hydrogens is 320 g/mol. The number of amides is 1. The van der Waals surface area contributed by atoms with E-state index < -0.39 is 0 Å². The summed E-state index contributed by atoms with van der Waals surface area (Å²) in [7, 11) is 1.94. The van der Waals surface area contributed by atoms with Crippen molar-refractivity contribution in [2.75, 3.05) is 18.9 Å². The Kier molecular flexibility index (Phi) is 5.40.